The van der Waals surface area contributed by atoms with E-state index in [1.807, 2.05) is 29.2 Å². The van der Waals surface area contributed by atoms with Gasteiger partial charge in [0.15, 0.2) is 0 Å². The minimum Gasteiger partial charge on any atom is -0.368 e. The lowest BCUT2D eigenvalue weighted by Gasteiger charge is -2.35. The average Bonchev–Trinajstić information content (AvgIpc) is 2.38. The molecule has 0 bridgehead atoms. The van der Waals surface area contributed by atoms with Gasteiger partial charge in [-0.05, 0) is 18.2 Å². The molecule has 2 rings (SSSR count). The molecule has 5 heteroatoms. The molecule has 17 heavy (non-hydrogen) atoms. The van der Waals surface area contributed by atoms with Gasteiger partial charge in [-0.3, -0.25) is 0 Å². The fourth-order valence-electron chi connectivity index (χ4n) is 2.00. The van der Waals surface area contributed by atoms with Crippen LogP contribution in [0.15, 0.2) is 24.3 Å². The molecule has 0 spiro atoms. The number of anilines is 1. The first-order chi connectivity index (χ1) is 8.20. The van der Waals surface area contributed by atoms with Crippen LogP contribution in [0, 0.1) is 0 Å². The van der Waals surface area contributed by atoms with E-state index >= 15 is 0 Å². The van der Waals surface area contributed by atoms with Gasteiger partial charge in [-0.1, -0.05) is 17.7 Å². The van der Waals surface area contributed by atoms with Gasteiger partial charge in [-0.25, -0.2) is 4.79 Å². The predicted molar refractivity (Wildman–Crippen MR) is 69.7 cm³/mol. The normalized spacial score (nSPS) is 15.9. The second-order valence-electron chi connectivity index (χ2n) is 4.01. The Bertz CT molecular complexity index is 402. The van der Waals surface area contributed by atoms with Crippen molar-refractivity contribution in [2.24, 2.45) is 0 Å². The Morgan fingerprint density at radius 1 is 1.29 bits per heavy atom. The molecular weight excluding hydrogens is 238 g/mol. The largest absolute Gasteiger partial charge is 0.368 e. The zero-order valence-corrected chi connectivity index (χ0v) is 10.6. The molecule has 92 valence electrons. The van der Waals surface area contributed by atoms with Crippen molar-refractivity contribution in [3.8, 4) is 0 Å². The molecule has 1 heterocycles. The van der Waals surface area contributed by atoms with Gasteiger partial charge in [0.2, 0.25) is 0 Å². The van der Waals surface area contributed by atoms with E-state index in [2.05, 4.69) is 10.2 Å². The molecule has 2 amide bonds. The van der Waals surface area contributed by atoms with Crippen LogP contribution in [-0.4, -0.2) is 44.2 Å². The Kier molecular flexibility index (Phi) is 3.74. The second kappa shape index (κ2) is 5.27. The van der Waals surface area contributed by atoms with Gasteiger partial charge in [0.1, 0.15) is 0 Å². The van der Waals surface area contributed by atoms with E-state index in [0.29, 0.717) is 0 Å². The van der Waals surface area contributed by atoms with Gasteiger partial charge in [0, 0.05) is 43.9 Å². The van der Waals surface area contributed by atoms with Crippen LogP contribution in [0.5, 0.6) is 0 Å². The van der Waals surface area contributed by atoms with Crippen LogP contribution >= 0.6 is 11.6 Å². The Morgan fingerprint density at radius 2 is 2.00 bits per heavy atom. The quantitative estimate of drug-likeness (QED) is 0.829. The Labute approximate surface area is 106 Å². The monoisotopic (exact) mass is 253 g/mol. The first kappa shape index (κ1) is 12.0. The zero-order valence-electron chi connectivity index (χ0n) is 9.82. The van der Waals surface area contributed by atoms with E-state index < -0.39 is 0 Å². The van der Waals surface area contributed by atoms with E-state index in [1.165, 1.54) is 0 Å². The molecule has 0 aliphatic carbocycles. The molecule has 1 saturated heterocycles. The Balaban J connectivity index is 1.97. The van der Waals surface area contributed by atoms with Crippen LogP contribution in [0.25, 0.3) is 0 Å². The molecule has 4 nitrogen and oxygen atoms in total. The molecule has 0 radical (unpaired) electrons. The summed E-state index contributed by atoms with van der Waals surface area (Å²) in [6.07, 6.45) is 0. The number of urea groups is 1. The molecule has 0 unspecified atom stereocenters. The van der Waals surface area contributed by atoms with Crippen molar-refractivity contribution >= 4 is 23.3 Å². The van der Waals surface area contributed by atoms with Gasteiger partial charge in [0.25, 0.3) is 0 Å². The van der Waals surface area contributed by atoms with Crippen LogP contribution < -0.4 is 10.2 Å². The van der Waals surface area contributed by atoms with Crippen molar-refractivity contribution in [3.63, 3.8) is 0 Å². The fraction of sp³-hybridized carbons (Fsp3) is 0.417. The number of nitrogens with zero attached hydrogens (tertiary/aromatic N) is 2. The zero-order chi connectivity index (χ0) is 12.3. The third kappa shape index (κ3) is 2.82. The molecule has 0 aromatic heterocycles. The highest BCUT2D eigenvalue weighted by Gasteiger charge is 2.20. The number of nitrogens with one attached hydrogen (secondary N) is 1. The minimum absolute atomic E-state index is 0.00394. The first-order valence-electron chi connectivity index (χ1n) is 5.68. The molecule has 1 aromatic carbocycles. The van der Waals surface area contributed by atoms with E-state index in [-0.39, 0.29) is 6.03 Å². The summed E-state index contributed by atoms with van der Waals surface area (Å²) >= 11 is 5.96. The molecule has 0 saturated carbocycles. The Hall–Kier alpha value is -1.42. The minimum atomic E-state index is -0.00394. The van der Waals surface area contributed by atoms with Gasteiger partial charge < -0.3 is 15.1 Å². The maximum absolute atomic E-state index is 11.4. The van der Waals surface area contributed by atoms with Crippen molar-refractivity contribution in [2.75, 3.05) is 38.1 Å². The predicted octanol–water partition coefficient (Wildman–Crippen LogP) is 1.80. The van der Waals surface area contributed by atoms with Gasteiger partial charge >= 0.3 is 6.03 Å². The van der Waals surface area contributed by atoms with Crippen LogP contribution in [0.1, 0.15) is 0 Å². The van der Waals surface area contributed by atoms with Gasteiger partial charge in [0.05, 0.1) is 0 Å². The van der Waals surface area contributed by atoms with Crippen molar-refractivity contribution in [2.45, 2.75) is 0 Å². The molecule has 1 fully saturated rings. The number of amides is 2. The third-order valence-electron chi connectivity index (χ3n) is 2.95. The third-order valence-corrected chi connectivity index (χ3v) is 3.19. The lowest BCUT2D eigenvalue weighted by Crippen LogP contribution is -2.51. The lowest BCUT2D eigenvalue weighted by molar-refractivity contribution is 0.196. The second-order valence-corrected chi connectivity index (χ2v) is 4.45. The maximum Gasteiger partial charge on any atom is 0.317 e. The fourth-order valence-corrected chi connectivity index (χ4v) is 2.18. The molecular formula is C12H16ClN3O. The lowest BCUT2D eigenvalue weighted by atomic mass is 10.2. The smallest absolute Gasteiger partial charge is 0.317 e. The van der Waals surface area contributed by atoms with Crippen LogP contribution in [0.4, 0.5) is 10.5 Å². The molecule has 1 aliphatic heterocycles. The number of hydrogen-bond donors (Lipinski definition) is 1. The average molecular weight is 254 g/mol. The van der Waals surface area contributed by atoms with Gasteiger partial charge in [-0.2, -0.15) is 0 Å². The molecule has 0 atom stereocenters. The van der Waals surface area contributed by atoms with Crippen LogP contribution in [-0.2, 0) is 0 Å². The highest BCUT2D eigenvalue weighted by molar-refractivity contribution is 6.30. The summed E-state index contributed by atoms with van der Waals surface area (Å²) in [5, 5.41) is 3.39. The maximum atomic E-state index is 11.4. The summed E-state index contributed by atoms with van der Waals surface area (Å²) in [6, 6.07) is 7.81. The summed E-state index contributed by atoms with van der Waals surface area (Å²) < 4.78 is 0. The molecule has 1 aliphatic rings. The summed E-state index contributed by atoms with van der Waals surface area (Å²) in [4.78, 5) is 15.5. The van der Waals surface area contributed by atoms with Crippen molar-refractivity contribution in [3.05, 3.63) is 29.3 Å². The number of rotatable bonds is 1. The number of carbonyl (C=O) groups is 1. The number of piperazine rings is 1. The summed E-state index contributed by atoms with van der Waals surface area (Å²) in [5.74, 6) is 0. The van der Waals surface area contributed by atoms with E-state index in [4.69, 9.17) is 11.6 Å². The van der Waals surface area contributed by atoms with Crippen LogP contribution in [0.3, 0.4) is 0 Å². The number of carbonyl (C=O) groups excluding carboxylic acids is 1. The highest BCUT2D eigenvalue weighted by atomic mass is 35.5. The highest BCUT2D eigenvalue weighted by Crippen LogP contribution is 2.20. The standard InChI is InChI=1S/C12H16ClN3O/c1-14-12(17)16-7-5-15(6-8-16)11-4-2-3-10(13)9-11/h2-4,9H,5-8H2,1H3,(H,14,17). The van der Waals surface area contributed by atoms with E-state index in [0.717, 1.165) is 36.9 Å². The first-order valence-corrected chi connectivity index (χ1v) is 6.05. The molecule has 1 N–H and O–H groups in total. The topological polar surface area (TPSA) is 35.6 Å². The number of benzene rings is 1. The number of hydrogen-bond acceptors (Lipinski definition) is 2. The van der Waals surface area contributed by atoms with Crippen molar-refractivity contribution < 1.29 is 4.79 Å². The van der Waals surface area contributed by atoms with Crippen molar-refractivity contribution in [1.29, 1.82) is 0 Å². The summed E-state index contributed by atoms with van der Waals surface area (Å²) in [7, 11) is 1.66. The Morgan fingerprint density at radius 3 is 2.59 bits per heavy atom. The van der Waals surface area contributed by atoms with Gasteiger partial charge in [-0.15, -0.1) is 0 Å². The summed E-state index contributed by atoms with van der Waals surface area (Å²) in [6.45, 7) is 3.17. The summed E-state index contributed by atoms with van der Waals surface area (Å²) in [5.41, 5.74) is 1.12. The van der Waals surface area contributed by atoms with E-state index in [1.54, 1.807) is 7.05 Å². The van der Waals surface area contributed by atoms with Crippen molar-refractivity contribution in [1.82, 2.24) is 10.2 Å². The SMILES string of the molecule is CNC(=O)N1CCN(c2cccc(Cl)c2)CC1. The van der Waals surface area contributed by atoms with E-state index in [9.17, 15) is 4.79 Å². The molecule has 1 aromatic rings. The van der Waals surface area contributed by atoms with Crippen LogP contribution in [0.2, 0.25) is 5.02 Å². The number of halogens is 1.